The normalized spacial score (nSPS) is 31.2. The van der Waals surface area contributed by atoms with Crippen molar-refractivity contribution in [3.63, 3.8) is 0 Å². The summed E-state index contributed by atoms with van der Waals surface area (Å²) in [5.41, 5.74) is -0.314. The van der Waals surface area contributed by atoms with Gasteiger partial charge in [0.25, 0.3) is 5.91 Å². The molecule has 1 unspecified atom stereocenters. The molecule has 1 heterocycles. The van der Waals surface area contributed by atoms with Gasteiger partial charge in [0.2, 0.25) is 0 Å². The molecule has 104 valence electrons. The highest BCUT2D eigenvalue weighted by Gasteiger charge is 2.39. The van der Waals surface area contributed by atoms with E-state index in [4.69, 9.17) is 4.74 Å². The quantitative estimate of drug-likeness (QED) is 0.809. The second-order valence-corrected chi connectivity index (χ2v) is 6.62. The third-order valence-corrected chi connectivity index (χ3v) is 5.71. The molecule has 0 aromatic heterocycles. The van der Waals surface area contributed by atoms with E-state index in [-0.39, 0.29) is 11.3 Å². The molecule has 1 saturated heterocycles. The van der Waals surface area contributed by atoms with E-state index in [0.717, 1.165) is 24.7 Å². The average Bonchev–Trinajstić information content (AvgIpc) is 2.85. The molecule has 1 atom stereocenters. The number of hydrogen-bond acceptors (Lipinski definition) is 2. The summed E-state index contributed by atoms with van der Waals surface area (Å²) in [6.45, 7) is 3.42. The first-order valence-corrected chi connectivity index (χ1v) is 8.21. The van der Waals surface area contributed by atoms with Gasteiger partial charge in [-0.3, -0.25) is 4.79 Å². The lowest BCUT2D eigenvalue weighted by atomic mass is 9.75. The van der Waals surface area contributed by atoms with Crippen LogP contribution in [0.2, 0.25) is 0 Å². The molecule has 0 spiro atoms. The van der Waals surface area contributed by atoms with Gasteiger partial charge in [-0.05, 0) is 38.0 Å². The maximum absolute atomic E-state index is 12.2. The first kappa shape index (κ1) is 14.3. The van der Waals surface area contributed by atoms with Crippen LogP contribution in [0.1, 0.15) is 51.9 Å². The molecular formula is C14H24BrNO2. The molecule has 2 fully saturated rings. The Balaban J connectivity index is 1.87. The second-order valence-electron chi connectivity index (χ2n) is 6.06. The zero-order chi connectivity index (χ0) is 13.1. The van der Waals surface area contributed by atoms with Gasteiger partial charge in [0.15, 0.2) is 0 Å². The molecule has 0 aromatic rings. The van der Waals surface area contributed by atoms with Crippen molar-refractivity contribution < 1.29 is 9.53 Å². The van der Waals surface area contributed by atoms with E-state index in [1.54, 1.807) is 0 Å². The number of alkyl halides is 1. The smallest absolute Gasteiger partial charge is 0.251 e. The summed E-state index contributed by atoms with van der Waals surface area (Å²) in [5.74, 6) is 0.0749. The standard InChI is InChI=1S/C14H24BrNO2/c1-13(6-5-9-18-13)12(17)16-11-14(10-15)7-3-2-4-8-14/h2-11H2,1H3,(H,16,17). The fourth-order valence-corrected chi connectivity index (χ4v) is 3.83. The molecular weight excluding hydrogens is 294 g/mol. The Bertz CT molecular complexity index is 294. The van der Waals surface area contributed by atoms with Crippen molar-refractivity contribution in [2.75, 3.05) is 18.5 Å². The van der Waals surface area contributed by atoms with Gasteiger partial charge in [0.05, 0.1) is 0 Å². The van der Waals surface area contributed by atoms with Gasteiger partial charge in [-0.15, -0.1) is 0 Å². The molecule has 1 saturated carbocycles. The van der Waals surface area contributed by atoms with Gasteiger partial charge >= 0.3 is 0 Å². The van der Waals surface area contributed by atoms with Crippen LogP contribution in [-0.2, 0) is 9.53 Å². The topological polar surface area (TPSA) is 38.3 Å². The number of halogens is 1. The van der Waals surface area contributed by atoms with Crippen molar-refractivity contribution in [1.29, 1.82) is 0 Å². The van der Waals surface area contributed by atoms with E-state index in [2.05, 4.69) is 21.2 Å². The molecule has 0 radical (unpaired) electrons. The molecule has 0 bridgehead atoms. The minimum Gasteiger partial charge on any atom is -0.365 e. The molecule has 1 aliphatic heterocycles. The van der Waals surface area contributed by atoms with Crippen LogP contribution in [0.15, 0.2) is 0 Å². The fourth-order valence-electron chi connectivity index (χ4n) is 3.07. The Morgan fingerprint density at radius 2 is 1.94 bits per heavy atom. The Labute approximate surface area is 118 Å². The molecule has 18 heavy (non-hydrogen) atoms. The second kappa shape index (κ2) is 5.91. The van der Waals surface area contributed by atoms with Crippen molar-refractivity contribution in [2.24, 2.45) is 5.41 Å². The molecule has 1 aliphatic carbocycles. The molecule has 3 nitrogen and oxygen atoms in total. The predicted octanol–water partition coefficient (Wildman–Crippen LogP) is 3.02. The number of amides is 1. The van der Waals surface area contributed by atoms with Crippen LogP contribution < -0.4 is 5.32 Å². The van der Waals surface area contributed by atoms with Crippen LogP contribution in [0.4, 0.5) is 0 Å². The van der Waals surface area contributed by atoms with E-state index in [0.29, 0.717) is 6.61 Å². The number of rotatable bonds is 4. The van der Waals surface area contributed by atoms with Gasteiger partial charge in [-0.1, -0.05) is 35.2 Å². The van der Waals surface area contributed by atoms with Gasteiger partial charge in [-0.25, -0.2) is 0 Å². The molecule has 2 rings (SSSR count). The lowest BCUT2D eigenvalue weighted by molar-refractivity contribution is -0.140. The maximum Gasteiger partial charge on any atom is 0.251 e. The number of ether oxygens (including phenoxy) is 1. The van der Waals surface area contributed by atoms with Crippen molar-refractivity contribution in [3.8, 4) is 0 Å². The molecule has 1 N–H and O–H groups in total. The summed E-state index contributed by atoms with van der Waals surface area (Å²) in [7, 11) is 0. The zero-order valence-corrected chi connectivity index (χ0v) is 12.9. The predicted molar refractivity (Wildman–Crippen MR) is 75.9 cm³/mol. The fraction of sp³-hybridized carbons (Fsp3) is 0.929. The highest BCUT2D eigenvalue weighted by atomic mass is 79.9. The summed E-state index contributed by atoms with van der Waals surface area (Å²) < 4.78 is 5.58. The van der Waals surface area contributed by atoms with E-state index in [1.807, 2.05) is 6.92 Å². The average molecular weight is 318 g/mol. The minimum absolute atomic E-state index is 0.0749. The summed E-state index contributed by atoms with van der Waals surface area (Å²) in [4.78, 5) is 12.2. The molecule has 1 amide bonds. The lowest BCUT2D eigenvalue weighted by Crippen LogP contribution is -2.48. The number of hydrogen-bond donors (Lipinski definition) is 1. The summed E-state index contributed by atoms with van der Waals surface area (Å²) in [5, 5.41) is 4.12. The SMILES string of the molecule is CC1(C(=O)NCC2(CBr)CCCCC2)CCCO1. The monoisotopic (exact) mass is 317 g/mol. The third-order valence-electron chi connectivity index (χ3n) is 4.52. The Kier molecular flexibility index (Phi) is 4.70. The van der Waals surface area contributed by atoms with Gasteiger partial charge in [0.1, 0.15) is 5.60 Å². The van der Waals surface area contributed by atoms with Crippen LogP contribution in [0, 0.1) is 5.41 Å². The largest absolute Gasteiger partial charge is 0.365 e. The highest BCUT2D eigenvalue weighted by Crippen LogP contribution is 2.37. The van der Waals surface area contributed by atoms with Crippen LogP contribution >= 0.6 is 15.9 Å². The highest BCUT2D eigenvalue weighted by molar-refractivity contribution is 9.09. The van der Waals surface area contributed by atoms with Crippen molar-refractivity contribution in [2.45, 2.75) is 57.5 Å². The summed E-state index contributed by atoms with van der Waals surface area (Å²) in [6, 6.07) is 0. The molecule has 2 aliphatic rings. The van der Waals surface area contributed by atoms with Crippen LogP contribution in [0.25, 0.3) is 0 Å². The first-order valence-electron chi connectivity index (χ1n) is 7.09. The molecule has 0 aromatic carbocycles. The Morgan fingerprint density at radius 1 is 1.22 bits per heavy atom. The summed E-state index contributed by atoms with van der Waals surface area (Å²) in [6.07, 6.45) is 8.19. The first-order chi connectivity index (χ1) is 8.60. The van der Waals surface area contributed by atoms with Crippen molar-refractivity contribution in [1.82, 2.24) is 5.32 Å². The van der Waals surface area contributed by atoms with Gasteiger partial charge < -0.3 is 10.1 Å². The van der Waals surface area contributed by atoms with E-state index < -0.39 is 5.60 Å². The van der Waals surface area contributed by atoms with Gasteiger partial charge in [0, 0.05) is 18.5 Å². The Hall–Kier alpha value is -0.0900. The number of carbonyl (C=O) groups excluding carboxylic acids is 1. The summed E-state index contributed by atoms with van der Waals surface area (Å²) >= 11 is 3.63. The zero-order valence-electron chi connectivity index (χ0n) is 11.3. The van der Waals surface area contributed by atoms with Crippen LogP contribution in [0.5, 0.6) is 0 Å². The van der Waals surface area contributed by atoms with Crippen molar-refractivity contribution >= 4 is 21.8 Å². The Morgan fingerprint density at radius 3 is 2.50 bits per heavy atom. The number of nitrogens with one attached hydrogen (secondary N) is 1. The van der Waals surface area contributed by atoms with E-state index in [9.17, 15) is 4.79 Å². The lowest BCUT2D eigenvalue weighted by Gasteiger charge is -2.36. The number of carbonyl (C=O) groups is 1. The van der Waals surface area contributed by atoms with E-state index in [1.165, 1.54) is 32.1 Å². The third kappa shape index (κ3) is 3.08. The maximum atomic E-state index is 12.2. The molecule has 4 heteroatoms. The van der Waals surface area contributed by atoms with E-state index >= 15 is 0 Å². The van der Waals surface area contributed by atoms with Gasteiger partial charge in [-0.2, -0.15) is 0 Å². The van der Waals surface area contributed by atoms with Crippen molar-refractivity contribution in [3.05, 3.63) is 0 Å². The van der Waals surface area contributed by atoms with Crippen LogP contribution in [-0.4, -0.2) is 30.0 Å². The minimum atomic E-state index is -0.581. The van der Waals surface area contributed by atoms with Crippen LogP contribution in [0.3, 0.4) is 0 Å².